The van der Waals surface area contributed by atoms with E-state index in [9.17, 15) is 14.4 Å². The fourth-order valence-corrected chi connectivity index (χ4v) is 3.28. The van der Waals surface area contributed by atoms with Crippen molar-refractivity contribution in [3.63, 3.8) is 0 Å². The highest BCUT2D eigenvalue weighted by Gasteiger charge is 2.37. The minimum Gasteiger partial charge on any atom is -0.497 e. The molecule has 1 amide bonds. The van der Waals surface area contributed by atoms with Gasteiger partial charge in [-0.15, -0.1) is 0 Å². The zero-order valence-corrected chi connectivity index (χ0v) is 16.2. The summed E-state index contributed by atoms with van der Waals surface area (Å²) in [6.07, 6.45) is -0.847. The van der Waals surface area contributed by atoms with Crippen LogP contribution in [0.2, 0.25) is 0 Å². The molecule has 6 heteroatoms. The van der Waals surface area contributed by atoms with Crippen LogP contribution in [0.4, 0.5) is 5.69 Å². The number of aryl methyl sites for hydroxylation is 1. The van der Waals surface area contributed by atoms with Crippen LogP contribution in [0.3, 0.4) is 0 Å². The number of methoxy groups -OCH3 is 1. The van der Waals surface area contributed by atoms with E-state index in [0.29, 0.717) is 11.3 Å². The maximum atomic E-state index is 12.5. The molecule has 0 radical (unpaired) electrons. The lowest BCUT2D eigenvalue weighted by Crippen LogP contribution is -2.30. The van der Waals surface area contributed by atoms with E-state index in [1.165, 1.54) is 0 Å². The van der Waals surface area contributed by atoms with Gasteiger partial charge in [-0.05, 0) is 49.7 Å². The highest BCUT2D eigenvalue weighted by Crippen LogP contribution is 2.28. The summed E-state index contributed by atoms with van der Waals surface area (Å²) in [6.45, 7) is 3.72. The van der Waals surface area contributed by atoms with E-state index in [1.54, 1.807) is 43.2 Å². The summed E-state index contributed by atoms with van der Waals surface area (Å²) in [5.74, 6) is -0.888. The second-order valence-corrected chi connectivity index (χ2v) is 6.86. The molecule has 1 fully saturated rings. The van der Waals surface area contributed by atoms with E-state index < -0.39 is 18.0 Å². The van der Waals surface area contributed by atoms with Crippen molar-refractivity contribution in [3.8, 4) is 5.75 Å². The normalized spacial score (nSPS) is 17.3. The number of Topliss-reactive ketones (excluding diaryl/α,β-unsaturated/α-hetero) is 1. The predicted octanol–water partition coefficient (Wildman–Crippen LogP) is 3.17. The quantitative estimate of drug-likeness (QED) is 0.568. The van der Waals surface area contributed by atoms with Crippen LogP contribution in [0.15, 0.2) is 48.5 Å². The van der Waals surface area contributed by atoms with Gasteiger partial charge in [-0.2, -0.15) is 0 Å². The van der Waals surface area contributed by atoms with Crippen molar-refractivity contribution in [1.29, 1.82) is 0 Å². The van der Waals surface area contributed by atoms with Crippen molar-refractivity contribution in [3.05, 3.63) is 59.7 Å². The molecule has 0 bridgehead atoms. The van der Waals surface area contributed by atoms with E-state index in [4.69, 9.17) is 9.47 Å². The minimum atomic E-state index is -0.927. The largest absolute Gasteiger partial charge is 0.497 e. The third-order valence-electron chi connectivity index (χ3n) is 4.90. The number of benzene rings is 2. The maximum Gasteiger partial charge on any atom is 0.312 e. The Labute approximate surface area is 164 Å². The van der Waals surface area contributed by atoms with E-state index in [-0.39, 0.29) is 24.7 Å². The first-order chi connectivity index (χ1) is 13.4. The fraction of sp³-hybridized carbons (Fsp3) is 0.318. The monoisotopic (exact) mass is 381 g/mol. The molecule has 0 unspecified atom stereocenters. The van der Waals surface area contributed by atoms with Gasteiger partial charge < -0.3 is 14.4 Å². The average molecular weight is 381 g/mol. The first kappa shape index (κ1) is 19.6. The average Bonchev–Trinajstić information content (AvgIpc) is 3.09. The highest BCUT2D eigenvalue weighted by atomic mass is 16.5. The molecule has 1 saturated heterocycles. The number of hydrogen-bond donors (Lipinski definition) is 0. The van der Waals surface area contributed by atoms with Gasteiger partial charge in [-0.25, -0.2) is 0 Å². The molecule has 1 aliphatic heterocycles. The fourth-order valence-electron chi connectivity index (χ4n) is 3.28. The van der Waals surface area contributed by atoms with Gasteiger partial charge in [0.05, 0.1) is 13.0 Å². The van der Waals surface area contributed by atoms with Crippen molar-refractivity contribution in [1.82, 2.24) is 0 Å². The van der Waals surface area contributed by atoms with Crippen LogP contribution in [-0.2, 0) is 14.3 Å². The SMILES string of the molecule is COc1ccc(C(=O)[C@H](C)OC(=O)[C@H]2CC(=O)N(c3ccccc3C)C2)cc1. The second-order valence-electron chi connectivity index (χ2n) is 6.86. The summed E-state index contributed by atoms with van der Waals surface area (Å²) in [5.41, 5.74) is 2.20. The molecule has 2 aromatic carbocycles. The number of anilines is 1. The van der Waals surface area contributed by atoms with Gasteiger partial charge in [0.2, 0.25) is 11.7 Å². The number of carbonyl (C=O) groups is 3. The van der Waals surface area contributed by atoms with Crippen molar-refractivity contribution >= 4 is 23.3 Å². The molecule has 2 aromatic rings. The molecule has 1 aliphatic rings. The Bertz CT molecular complexity index is 890. The standard InChI is InChI=1S/C22H23NO5/c1-14-6-4-5-7-19(14)23-13-17(12-20(23)24)22(26)28-15(2)21(25)16-8-10-18(27-3)11-9-16/h4-11,15,17H,12-13H2,1-3H3/t15-,17-/m0/s1. The van der Waals surface area contributed by atoms with Crippen LogP contribution >= 0.6 is 0 Å². The van der Waals surface area contributed by atoms with Gasteiger partial charge >= 0.3 is 5.97 Å². The Morgan fingerprint density at radius 1 is 1.11 bits per heavy atom. The van der Waals surface area contributed by atoms with Gasteiger partial charge in [-0.1, -0.05) is 18.2 Å². The van der Waals surface area contributed by atoms with Gasteiger partial charge in [0.25, 0.3) is 0 Å². The van der Waals surface area contributed by atoms with E-state index >= 15 is 0 Å². The zero-order valence-electron chi connectivity index (χ0n) is 16.2. The summed E-state index contributed by atoms with van der Waals surface area (Å²) in [6, 6.07) is 14.2. The molecule has 0 aromatic heterocycles. The molecule has 1 heterocycles. The lowest BCUT2D eigenvalue weighted by molar-refractivity contribution is -0.151. The Kier molecular flexibility index (Phi) is 5.78. The number of amides is 1. The van der Waals surface area contributed by atoms with E-state index in [0.717, 1.165) is 11.3 Å². The Balaban J connectivity index is 1.63. The van der Waals surface area contributed by atoms with Crippen molar-refractivity contribution in [2.75, 3.05) is 18.6 Å². The number of esters is 1. The third-order valence-corrected chi connectivity index (χ3v) is 4.90. The summed E-state index contributed by atoms with van der Waals surface area (Å²) in [7, 11) is 1.55. The van der Waals surface area contributed by atoms with Crippen LogP contribution in [0.1, 0.15) is 29.3 Å². The lowest BCUT2D eigenvalue weighted by Gasteiger charge is -2.19. The van der Waals surface area contributed by atoms with Gasteiger partial charge in [-0.3, -0.25) is 14.4 Å². The molecule has 6 nitrogen and oxygen atoms in total. The smallest absolute Gasteiger partial charge is 0.312 e. The maximum absolute atomic E-state index is 12.5. The molecule has 146 valence electrons. The molecule has 2 atom stereocenters. The van der Waals surface area contributed by atoms with Crippen LogP contribution in [0, 0.1) is 12.8 Å². The summed E-state index contributed by atoms with van der Waals surface area (Å²) in [4.78, 5) is 39.0. The topological polar surface area (TPSA) is 72.9 Å². The summed E-state index contributed by atoms with van der Waals surface area (Å²) >= 11 is 0. The van der Waals surface area contributed by atoms with Crippen LogP contribution in [0.5, 0.6) is 5.75 Å². The number of nitrogens with zero attached hydrogens (tertiary/aromatic N) is 1. The van der Waals surface area contributed by atoms with Gasteiger partial charge in [0.15, 0.2) is 6.10 Å². The molecule has 0 saturated carbocycles. The Hall–Kier alpha value is -3.15. The Morgan fingerprint density at radius 3 is 2.43 bits per heavy atom. The summed E-state index contributed by atoms with van der Waals surface area (Å²) in [5, 5.41) is 0. The van der Waals surface area contributed by atoms with Crippen LogP contribution < -0.4 is 9.64 Å². The van der Waals surface area contributed by atoms with E-state index in [2.05, 4.69) is 0 Å². The van der Waals surface area contributed by atoms with Crippen molar-refractivity contribution in [2.45, 2.75) is 26.4 Å². The number of ketones is 1. The highest BCUT2D eigenvalue weighted by molar-refractivity contribution is 6.02. The number of carbonyl (C=O) groups excluding carboxylic acids is 3. The molecular weight excluding hydrogens is 358 g/mol. The third kappa shape index (κ3) is 4.06. The van der Waals surface area contributed by atoms with Crippen molar-refractivity contribution < 1.29 is 23.9 Å². The van der Waals surface area contributed by atoms with Crippen LogP contribution in [-0.4, -0.2) is 37.4 Å². The minimum absolute atomic E-state index is 0.0800. The molecule has 28 heavy (non-hydrogen) atoms. The lowest BCUT2D eigenvalue weighted by atomic mass is 10.1. The predicted molar refractivity (Wildman–Crippen MR) is 105 cm³/mol. The van der Waals surface area contributed by atoms with Crippen LogP contribution in [0.25, 0.3) is 0 Å². The molecule has 0 aliphatic carbocycles. The zero-order chi connectivity index (χ0) is 20.3. The molecule has 3 rings (SSSR count). The number of hydrogen-bond acceptors (Lipinski definition) is 5. The number of rotatable bonds is 6. The molecule has 0 N–H and O–H groups in total. The summed E-state index contributed by atoms with van der Waals surface area (Å²) < 4.78 is 10.4. The number of ether oxygens (including phenoxy) is 2. The Morgan fingerprint density at radius 2 is 1.79 bits per heavy atom. The molecular formula is C22H23NO5. The molecule has 0 spiro atoms. The van der Waals surface area contributed by atoms with Crippen molar-refractivity contribution in [2.24, 2.45) is 5.92 Å². The number of para-hydroxylation sites is 1. The van der Waals surface area contributed by atoms with Gasteiger partial charge in [0.1, 0.15) is 5.75 Å². The van der Waals surface area contributed by atoms with E-state index in [1.807, 2.05) is 31.2 Å². The first-order valence-corrected chi connectivity index (χ1v) is 9.15. The van der Waals surface area contributed by atoms with Gasteiger partial charge in [0, 0.05) is 24.2 Å². The second kappa shape index (κ2) is 8.25. The first-order valence-electron chi connectivity index (χ1n) is 9.15.